The summed E-state index contributed by atoms with van der Waals surface area (Å²) in [6.45, 7) is 4.14. The Morgan fingerprint density at radius 1 is 1.04 bits per heavy atom. The second kappa shape index (κ2) is 6.02. The number of aromatic nitrogens is 3. The number of rotatable bonds is 3. The van der Waals surface area contributed by atoms with E-state index in [1.165, 1.54) is 10.5 Å². The lowest BCUT2D eigenvalue weighted by atomic mass is 10.2. The van der Waals surface area contributed by atoms with E-state index in [1.807, 2.05) is 56.3 Å². The van der Waals surface area contributed by atoms with Crippen LogP contribution in [-0.4, -0.2) is 14.4 Å². The average molecular weight is 331 g/mol. The fourth-order valence-corrected chi connectivity index (χ4v) is 2.81. The van der Waals surface area contributed by atoms with Crippen LogP contribution in [0.15, 0.2) is 59.5 Å². The van der Waals surface area contributed by atoms with Crippen molar-refractivity contribution in [2.75, 3.05) is 0 Å². The predicted molar refractivity (Wildman–Crippen MR) is 97.0 cm³/mol. The van der Waals surface area contributed by atoms with Gasteiger partial charge in [0.25, 0.3) is 5.56 Å². The van der Waals surface area contributed by atoms with Crippen LogP contribution in [0, 0.1) is 13.8 Å². The van der Waals surface area contributed by atoms with Gasteiger partial charge in [-0.15, -0.1) is 0 Å². The Bertz CT molecular complexity index is 1150. The first-order valence-electron chi connectivity index (χ1n) is 8.08. The van der Waals surface area contributed by atoms with Crippen LogP contribution in [0.25, 0.3) is 16.6 Å². The van der Waals surface area contributed by atoms with E-state index in [2.05, 4.69) is 9.97 Å². The monoisotopic (exact) mass is 331 g/mol. The topological polar surface area (TPSA) is 56.5 Å². The van der Waals surface area contributed by atoms with Gasteiger partial charge < -0.3 is 4.74 Å². The van der Waals surface area contributed by atoms with Crippen molar-refractivity contribution >= 4 is 16.6 Å². The molecule has 25 heavy (non-hydrogen) atoms. The maximum Gasteiger partial charge on any atom is 0.258 e. The van der Waals surface area contributed by atoms with Crippen LogP contribution >= 0.6 is 0 Å². The zero-order valence-electron chi connectivity index (χ0n) is 14.1. The molecule has 0 atom stereocenters. The Kier molecular flexibility index (Phi) is 3.69. The lowest BCUT2D eigenvalue weighted by molar-refractivity contribution is 0.304. The molecule has 0 N–H and O–H groups in total. The average Bonchev–Trinajstić information content (AvgIpc) is 2.59. The molecule has 4 rings (SSSR count). The first-order chi connectivity index (χ1) is 12.1. The molecular weight excluding hydrogens is 314 g/mol. The molecule has 5 nitrogen and oxygen atoms in total. The summed E-state index contributed by atoms with van der Waals surface area (Å²) in [7, 11) is 0. The number of para-hydroxylation sites is 1. The molecule has 0 aliphatic heterocycles. The SMILES string of the molecule is Cc1ccn2c(=O)cc(COc3cccc4ccc(C)nc34)nc2c1. The molecule has 0 unspecified atom stereocenters. The molecule has 0 aliphatic rings. The summed E-state index contributed by atoms with van der Waals surface area (Å²) in [6.07, 6.45) is 1.74. The first-order valence-corrected chi connectivity index (χ1v) is 8.08. The van der Waals surface area contributed by atoms with Gasteiger partial charge in [0.15, 0.2) is 0 Å². The zero-order chi connectivity index (χ0) is 17.4. The quantitative estimate of drug-likeness (QED) is 0.577. The molecule has 0 radical (unpaired) electrons. The van der Waals surface area contributed by atoms with Crippen LogP contribution < -0.4 is 10.3 Å². The Morgan fingerprint density at radius 3 is 2.80 bits per heavy atom. The molecule has 3 aromatic heterocycles. The van der Waals surface area contributed by atoms with E-state index < -0.39 is 0 Å². The van der Waals surface area contributed by atoms with Crippen molar-refractivity contribution in [1.29, 1.82) is 0 Å². The van der Waals surface area contributed by atoms with E-state index in [4.69, 9.17) is 4.74 Å². The second-order valence-electron chi connectivity index (χ2n) is 6.09. The van der Waals surface area contributed by atoms with Crippen molar-refractivity contribution in [3.05, 3.63) is 82.0 Å². The van der Waals surface area contributed by atoms with Gasteiger partial charge in [-0.1, -0.05) is 18.2 Å². The third-order valence-electron chi connectivity index (χ3n) is 4.07. The summed E-state index contributed by atoms with van der Waals surface area (Å²) in [5, 5.41) is 1.02. The summed E-state index contributed by atoms with van der Waals surface area (Å²) in [5.74, 6) is 0.687. The van der Waals surface area contributed by atoms with Gasteiger partial charge in [-0.2, -0.15) is 0 Å². The van der Waals surface area contributed by atoms with Gasteiger partial charge in [0.2, 0.25) is 0 Å². The van der Waals surface area contributed by atoms with E-state index in [0.717, 1.165) is 22.2 Å². The molecule has 3 heterocycles. The van der Waals surface area contributed by atoms with Gasteiger partial charge in [-0.3, -0.25) is 9.20 Å². The highest BCUT2D eigenvalue weighted by Crippen LogP contribution is 2.24. The Labute approximate surface area is 144 Å². The number of hydrogen-bond donors (Lipinski definition) is 0. The molecular formula is C20H17N3O2. The third kappa shape index (κ3) is 2.96. The smallest absolute Gasteiger partial charge is 0.258 e. The van der Waals surface area contributed by atoms with Crippen LogP contribution in [0.1, 0.15) is 17.0 Å². The zero-order valence-corrected chi connectivity index (χ0v) is 14.1. The van der Waals surface area contributed by atoms with Gasteiger partial charge in [0.05, 0.1) is 5.69 Å². The lowest BCUT2D eigenvalue weighted by Crippen LogP contribution is -2.16. The summed E-state index contributed by atoms with van der Waals surface area (Å²) >= 11 is 0. The molecule has 0 amide bonds. The molecule has 0 bridgehead atoms. The molecule has 0 spiro atoms. The molecule has 1 aromatic carbocycles. The molecule has 0 saturated carbocycles. The van der Waals surface area contributed by atoms with Crippen molar-refractivity contribution < 1.29 is 4.74 Å². The minimum atomic E-state index is -0.115. The molecule has 0 aliphatic carbocycles. The fourth-order valence-electron chi connectivity index (χ4n) is 2.81. The maximum absolute atomic E-state index is 12.2. The van der Waals surface area contributed by atoms with Crippen molar-refractivity contribution in [3.8, 4) is 5.75 Å². The lowest BCUT2D eigenvalue weighted by Gasteiger charge is -2.10. The Morgan fingerprint density at radius 2 is 1.92 bits per heavy atom. The number of nitrogens with zero attached hydrogens (tertiary/aromatic N) is 3. The Balaban J connectivity index is 1.69. The van der Waals surface area contributed by atoms with Crippen LogP contribution in [0.4, 0.5) is 0 Å². The van der Waals surface area contributed by atoms with Gasteiger partial charge in [-0.05, 0) is 43.7 Å². The van der Waals surface area contributed by atoms with E-state index in [-0.39, 0.29) is 12.2 Å². The van der Waals surface area contributed by atoms with E-state index >= 15 is 0 Å². The predicted octanol–water partition coefficient (Wildman–Crippen LogP) is 3.44. The Hall–Kier alpha value is -3.21. The number of pyridine rings is 2. The van der Waals surface area contributed by atoms with E-state index in [1.54, 1.807) is 6.20 Å². The number of hydrogen-bond acceptors (Lipinski definition) is 4. The number of benzene rings is 1. The molecule has 0 fully saturated rings. The number of ether oxygens (including phenoxy) is 1. The molecule has 124 valence electrons. The van der Waals surface area contributed by atoms with Gasteiger partial charge in [0.1, 0.15) is 23.5 Å². The summed E-state index contributed by atoms with van der Waals surface area (Å²) in [6, 6.07) is 15.1. The van der Waals surface area contributed by atoms with Crippen molar-refractivity contribution in [3.63, 3.8) is 0 Å². The van der Waals surface area contributed by atoms with E-state index in [0.29, 0.717) is 17.1 Å². The highest BCUT2D eigenvalue weighted by atomic mass is 16.5. The summed E-state index contributed by atoms with van der Waals surface area (Å²) in [5.41, 5.74) is 3.91. The van der Waals surface area contributed by atoms with E-state index in [9.17, 15) is 4.79 Å². The van der Waals surface area contributed by atoms with Crippen molar-refractivity contribution in [2.24, 2.45) is 0 Å². The summed E-state index contributed by atoms with van der Waals surface area (Å²) in [4.78, 5) is 21.3. The summed E-state index contributed by atoms with van der Waals surface area (Å²) < 4.78 is 7.45. The van der Waals surface area contributed by atoms with Gasteiger partial charge in [-0.25, -0.2) is 9.97 Å². The minimum Gasteiger partial charge on any atom is -0.485 e. The van der Waals surface area contributed by atoms with Crippen LogP contribution in [-0.2, 0) is 6.61 Å². The third-order valence-corrected chi connectivity index (χ3v) is 4.07. The minimum absolute atomic E-state index is 0.115. The standard InChI is InChI=1S/C20H17N3O2/c1-13-8-9-23-18(10-13)22-16(11-19(23)24)12-25-17-5-3-4-15-7-6-14(2)21-20(15)17/h3-11H,12H2,1-2H3. The van der Waals surface area contributed by atoms with Gasteiger partial charge >= 0.3 is 0 Å². The largest absolute Gasteiger partial charge is 0.485 e. The normalized spacial score (nSPS) is 11.1. The van der Waals surface area contributed by atoms with Gasteiger partial charge in [0, 0.05) is 23.3 Å². The first kappa shape index (κ1) is 15.3. The number of fused-ring (bicyclic) bond motifs is 2. The molecule has 5 heteroatoms. The van der Waals surface area contributed by atoms with Crippen LogP contribution in [0.2, 0.25) is 0 Å². The van der Waals surface area contributed by atoms with Crippen LogP contribution in [0.5, 0.6) is 5.75 Å². The van der Waals surface area contributed by atoms with Crippen LogP contribution in [0.3, 0.4) is 0 Å². The van der Waals surface area contributed by atoms with Crippen molar-refractivity contribution in [2.45, 2.75) is 20.5 Å². The second-order valence-corrected chi connectivity index (χ2v) is 6.09. The highest BCUT2D eigenvalue weighted by molar-refractivity contribution is 5.84. The molecule has 4 aromatic rings. The molecule has 0 saturated heterocycles. The number of aryl methyl sites for hydroxylation is 2. The maximum atomic E-state index is 12.2. The fraction of sp³-hybridized carbons (Fsp3) is 0.150. The van der Waals surface area contributed by atoms with Crippen molar-refractivity contribution in [1.82, 2.24) is 14.4 Å². The highest BCUT2D eigenvalue weighted by Gasteiger charge is 2.07.